The number of azo groups is 1. The fraction of sp³-hybridized carbons (Fsp3) is 0.154. The van der Waals surface area contributed by atoms with Crippen LogP contribution in [-0.2, 0) is 4.79 Å². The minimum absolute atomic E-state index is 0.166. The third-order valence-corrected chi connectivity index (χ3v) is 5.45. The van der Waals surface area contributed by atoms with Crippen molar-refractivity contribution in [2.45, 2.75) is 13.8 Å². The molecule has 3 aromatic rings. The lowest BCUT2D eigenvalue weighted by atomic mass is 10.1. The molecular formula is C26H23N7O5. The summed E-state index contributed by atoms with van der Waals surface area (Å²) in [5, 5.41) is 42.9. The number of nitrogens with zero attached hydrogens (tertiary/aromatic N) is 6. The normalized spacial score (nSPS) is 10.9. The van der Waals surface area contributed by atoms with E-state index in [-0.39, 0.29) is 16.9 Å². The zero-order valence-corrected chi connectivity index (χ0v) is 20.6. The van der Waals surface area contributed by atoms with Gasteiger partial charge in [-0.05, 0) is 43.7 Å². The molecule has 12 nitrogen and oxygen atoms in total. The maximum Gasteiger partial charge on any atom is 0.304 e. The second-order valence-corrected chi connectivity index (χ2v) is 7.79. The highest BCUT2D eigenvalue weighted by Gasteiger charge is 2.24. The predicted molar refractivity (Wildman–Crippen MR) is 143 cm³/mol. The molecule has 38 heavy (non-hydrogen) atoms. The molecule has 0 bridgehead atoms. The number of carbonyl (C=O) groups excluding carboxylic acids is 1. The van der Waals surface area contributed by atoms with E-state index < -0.39 is 32.8 Å². The van der Waals surface area contributed by atoms with Crippen LogP contribution in [0.1, 0.15) is 25.0 Å². The van der Waals surface area contributed by atoms with E-state index in [1.54, 1.807) is 30.3 Å². The fourth-order valence-corrected chi connectivity index (χ4v) is 3.55. The van der Waals surface area contributed by atoms with Crippen molar-refractivity contribution in [3.8, 4) is 6.07 Å². The number of non-ortho nitro benzene ring substituents is 1. The fourth-order valence-electron chi connectivity index (χ4n) is 3.55. The molecule has 1 amide bonds. The van der Waals surface area contributed by atoms with E-state index in [1.807, 2.05) is 49.1 Å². The Labute approximate surface area is 217 Å². The molecule has 0 radical (unpaired) electrons. The summed E-state index contributed by atoms with van der Waals surface area (Å²) in [4.78, 5) is 35.7. The van der Waals surface area contributed by atoms with Crippen LogP contribution < -0.4 is 10.2 Å². The highest BCUT2D eigenvalue weighted by molar-refractivity contribution is 6.03. The van der Waals surface area contributed by atoms with Crippen molar-refractivity contribution in [3.63, 3.8) is 0 Å². The number of nitro groups is 2. The summed E-state index contributed by atoms with van der Waals surface area (Å²) in [7, 11) is 0. The van der Waals surface area contributed by atoms with Gasteiger partial charge in [0.15, 0.2) is 5.69 Å². The van der Waals surface area contributed by atoms with E-state index >= 15 is 0 Å². The maximum atomic E-state index is 12.7. The lowest BCUT2D eigenvalue weighted by Crippen LogP contribution is -2.22. The molecule has 3 rings (SSSR count). The Morgan fingerprint density at radius 2 is 1.74 bits per heavy atom. The van der Waals surface area contributed by atoms with Gasteiger partial charge in [0, 0.05) is 30.9 Å². The molecule has 1 N–H and O–H groups in total. The first-order valence-electron chi connectivity index (χ1n) is 11.5. The van der Waals surface area contributed by atoms with Crippen molar-refractivity contribution in [1.29, 1.82) is 5.26 Å². The van der Waals surface area contributed by atoms with Crippen LogP contribution in [0.5, 0.6) is 0 Å². The number of anilines is 2. The van der Waals surface area contributed by atoms with Gasteiger partial charge in [0.05, 0.1) is 27.2 Å². The Balaban J connectivity index is 2.04. The molecule has 0 saturated heterocycles. The van der Waals surface area contributed by atoms with Gasteiger partial charge in [0.1, 0.15) is 11.8 Å². The van der Waals surface area contributed by atoms with Crippen LogP contribution in [0.3, 0.4) is 0 Å². The molecule has 0 saturated carbocycles. The Morgan fingerprint density at radius 3 is 2.34 bits per heavy atom. The first-order chi connectivity index (χ1) is 18.3. The summed E-state index contributed by atoms with van der Waals surface area (Å²) in [6.07, 6.45) is 3.00. The number of nitro benzene ring substituents is 2. The standard InChI is InChI=1S/C26H23N7O5/c1-3-31(4-2)20-11-12-22(23(15-20)28-25(34)13-10-18-8-6-5-7-9-18)29-30-26-19(17-27)14-21(32(35)36)16-24(26)33(37)38/h5-16H,3-4H2,1-2H3,(H,28,34). The van der Waals surface area contributed by atoms with E-state index in [4.69, 9.17) is 0 Å². The van der Waals surface area contributed by atoms with Crippen molar-refractivity contribution in [2.24, 2.45) is 10.2 Å². The van der Waals surface area contributed by atoms with Gasteiger partial charge in [-0.25, -0.2) is 0 Å². The summed E-state index contributed by atoms with van der Waals surface area (Å²) in [6.45, 7) is 5.38. The van der Waals surface area contributed by atoms with Crippen LogP contribution in [0.2, 0.25) is 0 Å². The van der Waals surface area contributed by atoms with Gasteiger partial charge in [-0.2, -0.15) is 5.26 Å². The minimum Gasteiger partial charge on any atom is -0.372 e. The zero-order chi connectivity index (χ0) is 27.7. The number of carbonyl (C=O) groups is 1. The van der Waals surface area contributed by atoms with Gasteiger partial charge in [-0.3, -0.25) is 25.0 Å². The molecular weight excluding hydrogens is 490 g/mol. The van der Waals surface area contributed by atoms with Crippen LogP contribution in [-0.4, -0.2) is 28.8 Å². The van der Waals surface area contributed by atoms with Crippen molar-refractivity contribution >= 4 is 46.1 Å². The van der Waals surface area contributed by atoms with E-state index in [0.717, 1.165) is 23.4 Å². The highest BCUT2D eigenvalue weighted by atomic mass is 16.6. The molecule has 0 spiro atoms. The average molecular weight is 514 g/mol. The van der Waals surface area contributed by atoms with Crippen molar-refractivity contribution in [2.75, 3.05) is 23.3 Å². The largest absolute Gasteiger partial charge is 0.372 e. The van der Waals surface area contributed by atoms with Crippen molar-refractivity contribution in [3.05, 3.63) is 98.1 Å². The van der Waals surface area contributed by atoms with E-state index in [0.29, 0.717) is 13.1 Å². The third kappa shape index (κ3) is 6.61. The van der Waals surface area contributed by atoms with Gasteiger partial charge in [-0.15, -0.1) is 10.2 Å². The lowest BCUT2D eigenvalue weighted by molar-refractivity contribution is -0.393. The second-order valence-electron chi connectivity index (χ2n) is 7.79. The summed E-state index contributed by atoms with van der Waals surface area (Å²) in [6, 6.07) is 17.6. The summed E-state index contributed by atoms with van der Waals surface area (Å²) in [5.41, 5.74) is -0.0975. The molecule has 0 aliphatic rings. The third-order valence-electron chi connectivity index (χ3n) is 5.45. The SMILES string of the molecule is CCN(CC)c1ccc(N=Nc2c(C#N)cc([N+](=O)[O-])cc2[N+](=O)[O-])c(NC(=O)C=Cc2ccccc2)c1. The van der Waals surface area contributed by atoms with E-state index in [1.165, 1.54) is 6.08 Å². The van der Waals surface area contributed by atoms with Crippen LogP contribution in [0.25, 0.3) is 6.08 Å². The summed E-state index contributed by atoms with van der Waals surface area (Å²) >= 11 is 0. The van der Waals surface area contributed by atoms with Gasteiger partial charge in [0.25, 0.3) is 5.69 Å². The predicted octanol–water partition coefficient (Wildman–Crippen LogP) is 6.29. The number of hydrogen-bond donors (Lipinski definition) is 1. The second kappa shape index (κ2) is 12.5. The van der Waals surface area contributed by atoms with Crippen LogP contribution in [0.4, 0.5) is 34.1 Å². The smallest absolute Gasteiger partial charge is 0.304 e. The first-order valence-corrected chi connectivity index (χ1v) is 11.5. The van der Waals surface area contributed by atoms with Crippen molar-refractivity contribution < 1.29 is 14.6 Å². The molecule has 0 unspecified atom stereocenters. The van der Waals surface area contributed by atoms with Crippen LogP contribution in [0, 0.1) is 31.6 Å². The van der Waals surface area contributed by atoms with E-state index in [2.05, 4.69) is 15.5 Å². The highest BCUT2D eigenvalue weighted by Crippen LogP contribution is 2.38. The van der Waals surface area contributed by atoms with Crippen LogP contribution >= 0.6 is 0 Å². The zero-order valence-electron chi connectivity index (χ0n) is 20.6. The number of nitriles is 1. The number of rotatable bonds is 10. The molecule has 0 aliphatic heterocycles. The van der Waals surface area contributed by atoms with Crippen molar-refractivity contribution in [1.82, 2.24) is 0 Å². The molecule has 12 heteroatoms. The van der Waals surface area contributed by atoms with Crippen LogP contribution in [0.15, 0.2) is 77.0 Å². The number of nitrogens with one attached hydrogen (secondary N) is 1. The average Bonchev–Trinajstić information content (AvgIpc) is 2.92. The summed E-state index contributed by atoms with van der Waals surface area (Å²) < 4.78 is 0. The first kappa shape index (κ1) is 27.2. The molecule has 192 valence electrons. The van der Waals surface area contributed by atoms with Gasteiger partial charge < -0.3 is 10.2 Å². The molecule has 0 aromatic heterocycles. The lowest BCUT2D eigenvalue weighted by Gasteiger charge is -2.22. The molecule has 0 fully saturated rings. The topological polar surface area (TPSA) is 167 Å². The number of hydrogen-bond acceptors (Lipinski definition) is 9. The van der Waals surface area contributed by atoms with Gasteiger partial charge >= 0.3 is 5.69 Å². The van der Waals surface area contributed by atoms with Gasteiger partial charge in [0.2, 0.25) is 5.91 Å². The maximum absolute atomic E-state index is 12.7. The number of benzene rings is 3. The Bertz CT molecular complexity index is 1460. The Kier molecular flexibility index (Phi) is 8.93. The van der Waals surface area contributed by atoms with Gasteiger partial charge in [-0.1, -0.05) is 30.3 Å². The summed E-state index contributed by atoms with van der Waals surface area (Å²) in [5.74, 6) is -0.443. The quantitative estimate of drug-likeness (QED) is 0.144. The molecule has 0 aliphatic carbocycles. The molecule has 0 heterocycles. The monoisotopic (exact) mass is 513 g/mol. The minimum atomic E-state index is -0.872. The molecule has 3 aromatic carbocycles. The molecule has 0 atom stereocenters. The Morgan fingerprint density at radius 1 is 1.03 bits per heavy atom. The Hall–Kier alpha value is -5.44. The van der Waals surface area contributed by atoms with E-state index in [9.17, 15) is 30.3 Å². The number of amides is 1.